The summed E-state index contributed by atoms with van der Waals surface area (Å²) in [6, 6.07) is -0.611. The van der Waals surface area contributed by atoms with Crippen LogP contribution in [0.4, 0.5) is 0 Å². The third-order valence-electron chi connectivity index (χ3n) is 11.2. The molecule has 8 heteroatoms. The molecule has 0 heterocycles. The zero-order valence-corrected chi connectivity index (χ0v) is 38.3. The van der Waals surface area contributed by atoms with Gasteiger partial charge in [-0.25, -0.2) is 4.79 Å². The highest BCUT2D eigenvalue weighted by molar-refractivity contribution is 5.72. The van der Waals surface area contributed by atoms with Crippen molar-refractivity contribution in [2.24, 2.45) is 0 Å². The molecule has 0 radical (unpaired) electrons. The van der Waals surface area contributed by atoms with E-state index in [-0.39, 0.29) is 36.2 Å². The van der Waals surface area contributed by atoms with Gasteiger partial charge in [0, 0.05) is 19.3 Å². The minimum absolute atomic E-state index is 0.0514. The summed E-state index contributed by atoms with van der Waals surface area (Å²) < 4.78 is 17.3. The number of carbonyl (C=O) groups excluding carboxylic acids is 2. The molecular formula is C49H94NO7+. The van der Waals surface area contributed by atoms with Crippen LogP contribution in [-0.4, -0.2) is 80.6 Å². The number of ether oxygens (including phenoxy) is 3. The molecule has 0 aromatic heterocycles. The molecule has 0 fully saturated rings. The van der Waals surface area contributed by atoms with Crippen LogP contribution in [0.1, 0.15) is 232 Å². The molecule has 1 N–H and O–H groups in total. The fourth-order valence-corrected chi connectivity index (χ4v) is 7.37. The van der Waals surface area contributed by atoms with Crippen LogP contribution in [-0.2, 0) is 28.6 Å². The number of carboxylic acids is 1. The molecule has 8 nitrogen and oxygen atoms in total. The monoisotopic (exact) mass is 809 g/mol. The zero-order valence-electron chi connectivity index (χ0n) is 38.3. The Morgan fingerprint density at radius 1 is 0.509 bits per heavy atom. The second-order valence-electron chi connectivity index (χ2n) is 17.7. The maximum absolute atomic E-state index is 12.7. The van der Waals surface area contributed by atoms with Crippen molar-refractivity contribution in [3.8, 4) is 0 Å². The van der Waals surface area contributed by atoms with Gasteiger partial charge in [0.15, 0.2) is 12.1 Å². The normalized spacial score (nSPS) is 12.9. The standard InChI is InChI=1S/C49H93NO7/c1-6-8-10-12-14-16-18-19-20-21-22-23-24-25-26-27-28-29-30-32-34-36-38-40-48(52)57-45(43-55-42-41-46(49(53)54)50(3,4)5)44-56-47(51)39-37-35-33-31-17-15-13-11-9-7-2/h13,15,45-46H,6-12,14,16-44H2,1-5H3/p+1/b15-13+. The van der Waals surface area contributed by atoms with Gasteiger partial charge in [0.2, 0.25) is 0 Å². The number of rotatable bonds is 44. The number of allylic oxidation sites excluding steroid dienone is 2. The van der Waals surface area contributed by atoms with Crippen molar-refractivity contribution < 1.29 is 38.2 Å². The SMILES string of the molecule is CCCC/C=C/CCCCCCC(=O)OCC(COCCC(C(=O)O)[N+](C)(C)C)OC(=O)CCCCCCCCCCCCCCCCCCCCCCCCC. The Morgan fingerprint density at radius 2 is 0.895 bits per heavy atom. The van der Waals surface area contributed by atoms with Crippen LogP contribution in [0.5, 0.6) is 0 Å². The van der Waals surface area contributed by atoms with Crippen molar-refractivity contribution >= 4 is 17.9 Å². The van der Waals surface area contributed by atoms with E-state index in [1.807, 2.05) is 21.1 Å². The Morgan fingerprint density at radius 3 is 1.32 bits per heavy atom. The van der Waals surface area contributed by atoms with Gasteiger partial charge in [-0.15, -0.1) is 0 Å². The quantitative estimate of drug-likeness (QED) is 0.0283. The number of likely N-dealkylation sites (N-methyl/N-ethyl adjacent to an activating group) is 1. The van der Waals surface area contributed by atoms with Gasteiger partial charge in [-0.2, -0.15) is 0 Å². The van der Waals surface area contributed by atoms with Crippen molar-refractivity contribution in [1.29, 1.82) is 0 Å². The fraction of sp³-hybridized carbons (Fsp3) is 0.898. The Balaban J connectivity index is 4.13. The van der Waals surface area contributed by atoms with Crippen molar-refractivity contribution in [3.63, 3.8) is 0 Å². The number of nitrogens with zero attached hydrogens (tertiary/aromatic N) is 1. The Bertz CT molecular complexity index is 947. The first kappa shape index (κ1) is 55.1. The molecule has 0 saturated heterocycles. The summed E-state index contributed by atoms with van der Waals surface area (Å²) in [4.78, 5) is 37.0. The van der Waals surface area contributed by atoms with Gasteiger partial charge in [0.25, 0.3) is 0 Å². The highest BCUT2D eigenvalue weighted by Crippen LogP contribution is 2.17. The first-order valence-corrected chi connectivity index (χ1v) is 24.2. The van der Waals surface area contributed by atoms with E-state index in [1.54, 1.807) is 0 Å². The fourth-order valence-electron chi connectivity index (χ4n) is 7.37. The molecule has 0 bridgehead atoms. The average Bonchev–Trinajstić information content (AvgIpc) is 3.17. The van der Waals surface area contributed by atoms with E-state index < -0.39 is 18.1 Å². The number of hydrogen-bond donors (Lipinski definition) is 1. The molecule has 0 rings (SSSR count). The lowest BCUT2D eigenvalue weighted by molar-refractivity contribution is -0.887. The summed E-state index contributed by atoms with van der Waals surface area (Å²) in [6.07, 6.45) is 44.1. The number of carbonyl (C=O) groups is 3. The van der Waals surface area contributed by atoms with Gasteiger partial charge >= 0.3 is 17.9 Å². The van der Waals surface area contributed by atoms with Crippen molar-refractivity contribution in [2.45, 2.75) is 244 Å². The molecule has 0 amide bonds. The third-order valence-corrected chi connectivity index (χ3v) is 11.2. The van der Waals surface area contributed by atoms with Crippen molar-refractivity contribution in [2.75, 3.05) is 41.0 Å². The lowest BCUT2D eigenvalue weighted by Gasteiger charge is -2.31. The molecule has 57 heavy (non-hydrogen) atoms. The van der Waals surface area contributed by atoms with E-state index in [0.717, 1.165) is 57.8 Å². The molecule has 0 aliphatic carbocycles. The number of quaternary nitrogens is 1. The average molecular weight is 809 g/mol. The van der Waals surface area contributed by atoms with E-state index in [1.165, 1.54) is 141 Å². The van der Waals surface area contributed by atoms with Crippen LogP contribution >= 0.6 is 0 Å². The molecule has 336 valence electrons. The van der Waals surface area contributed by atoms with Crippen LogP contribution in [0.2, 0.25) is 0 Å². The molecule has 0 aromatic carbocycles. The van der Waals surface area contributed by atoms with Gasteiger partial charge in [0.1, 0.15) is 6.61 Å². The van der Waals surface area contributed by atoms with Gasteiger partial charge in [0.05, 0.1) is 34.4 Å². The largest absolute Gasteiger partial charge is 0.477 e. The lowest BCUT2D eigenvalue weighted by Crippen LogP contribution is -2.50. The highest BCUT2D eigenvalue weighted by atomic mass is 16.6. The van der Waals surface area contributed by atoms with Crippen molar-refractivity contribution in [1.82, 2.24) is 0 Å². The number of carboxylic acid groups (broad SMARTS) is 1. The summed E-state index contributed by atoms with van der Waals surface area (Å²) in [7, 11) is 5.53. The highest BCUT2D eigenvalue weighted by Gasteiger charge is 2.31. The smallest absolute Gasteiger partial charge is 0.362 e. The predicted molar refractivity (Wildman–Crippen MR) is 239 cm³/mol. The van der Waals surface area contributed by atoms with Crippen LogP contribution in [0, 0.1) is 0 Å². The van der Waals surface area contributed by atoms with Crippen LogP contribution < -0.4 is 0 Å². The Kier molecular flexibility index (Phi) is 39.4. The summed E-state index contributed by atoms with van der Waals surface area (Å²) in [6.45, 7) is 4.71. The number of unbranched alkanes of at least 4 members (excludes halogenated alkanes) is 28. The summed E-state index contributed by atoms with van der Waals surface area (Å²) in [5.74, 6) is -1.47. The van der Waals surface area contributed by atoms with E-state index in [0.29, 0.717) is 19.3 Å². The zero-order chi connectivity index (χ0) is 42.1. The molecule has 2 unspecified atom stereocenters. The Hall–Kier alpha value is -1.93. The van der Waals surface area contributed by atoms with E-state index in [9.17, 15) is 19.5 Å². The summed E-state index contributed by atoms with van der Waals surface area (Å²) >= 11 is 0. The van der Waals surface area contributed by atoms with Crippen LogP contribution in [0.25, 0.3) is 0 Å². The van der Waals surface area contributed by atoms with Gasteiger partial charge in [-0.1, -0.05) is 193 Å². The number of aliphatic carboxylic acids is 1. The predicted octanol–water partition coefficient (Wildman–Crippen LogP) is 13.5. The van der Waals surface area contributed by atoms with E-state index in [4.69, 9.17) is 14.2 Å². The summed E-state index contributed by atoms with van der Waals surface area (Å²) in [5.41, 5.74) is 0. The molecule has 2 atom stereocenters. The van der Waals surface area contributed by atoms with Gasteiger partial charge in [-0.05, 0) is 32.1 Å². The number of hydrogen-bond acceptors (Lipinski definition) is 6. The maximum Gasteiger partial charge on any atom is 0.362 e. The molecule has 0 saturated carbocycles. The molecule has 0 aliphatic heterocycles. The van der Waals surface area contributed by atoms with Gasteiger partial charge in [-0.3, -0.25) is 9.59 Å². The first-order chi connectivity index (χ1) is 27.6. The topological polar surface area (TPSA) is 99.1 Å². The minimum Gasteiger partial charge on any atom is -0.477 e. The molecule has 0 spiro atoms. The minimum atomic E-state index is -0.873. The summed E-state index contributed by atoms with van der Waals surface area (Å²) in [5, 5.41) is 9.62. The van der Waals surface area contributed by atoms with Gasteiger partial charge < -0.3 is 23.8 Å². The molecule has 0 aromatic rings. The first-order valence-electron chi connectivity index (χ1n) is 24.2. The van der Waals surface area contributed by atoms with Crippen LogP contribution in [0.3, 0.4) is 0 Å². The molecular weight excluding hydrogens is 715 g/mol. The van der Waals surface area contributed by atoms with Crippen LogP contribution in [0.15, 0.2) is 12.2 Å². The van der Waals surface area contributed by atoms with E-state index in [2.05, 4.69) is 26.0 Å². The Labute approximate surface area is 352 Å². The second kappa shape index (κ2) is 40.8. The lowest BCUT2D eigenvalue weighted by atomic mass is 10.0. The van der Waals surface area contributed by atoms with E-state index >= 15 is 0 Å². The third kappa shape index (κ3) is 39.3. The maximum atomic E-state index is 12.7. The second-order valence-corrected chi connectivity index (χ2v) is 17.7. The molecule has 0 aliphatic rings. The number of esters is 2. The van der Waals surface area contributed by atoms with Crippen molar-refractivity contribution in [3.05, 3.63) is 12.2 Å².